The van der Waals surface area contributed by atoms with Crippen molar-refractivity contribution in [3.05, 3.63) is 12.2 Å². The van der Waals surface area contributed by atoms with Crippen LogP contribution in [0.2, 0.25) is 0 Å². The molecule has 0 aromatic heterocycles. The van der Waals surface area contributed by atoms with Crippen LogP contribution in [0.5, 0.6) is 0 Å². The van der Waals surface area contributed by atoms with Crippen LogP contribution in [-0.4, -0.2) is 0 Å². The van der Waals surface area contributed by atoms with Gasteiger partial charge in [-0.15, -0.1) is 0 Å². The number of allylic oxidation sites excluding steroid dienone is 2. The van der Waals surface area contributed by atoms with Gasteiger partial charge in [0, 0.05) is 0 Å². The van der Waals surface area contributed by atoms with Gasteiger partial charge in [0.15, 0.2) is 0 Å². The zero-order valence-electron chi connectivity index (χ0n) is 10.7. The summed E-state index contributed by atoms with van der Waals surface area (Å²) in [6, 6.07) is 0. The van der Waals surface area contributed by atoms with E-state index in [1.54, 1.807) is 19.3 Å². The van der Waals surface area contributed by atoms with Crippen LogP contribution in [0.3, 0.4) is 0 Å². The second kappa shape index (κ2) is 2.94. The van der Waals surface area contributed by atoms with Gasteiger partial charge in [-0.3, -0.25) is 0 Å². The van der Waals surface area contributed by atoms with Crippen LogP contribution < -0.4 is 0 Å². The average Bonchev–Trinajstić information content (AvgIpc) is 2.92. The molecule has 88 valence electrons. The minimum atomic E-state index is 0.656. The maximum absolute atomic E-state index is 2.65. The Hall–Kier alpha value is -0.260. The Labute approximate surface area is 99.5 Å². The Bertz CT molecular complexity index is 340. The molecule has 3 saturated carbocycles. The fourth-order valence-electron chi connectivity index (χ4n) is 6.25. The lowest BCUT2D eigenvalue weighted by Crippen LogP contribution is -2.33. The van der Waals surface area contributed by atoms with E-state index >= 15 is 0 Å². The minimum absolute atomic E-state index is 0.656. The molecule has 0 heterocycles. The van der Waals surface area contributed by atoms with Gasteiger partial charge in [-0.05, 0) is 73.0 Å². The molecule has 6 atom stereocenters. The molecule has 0 saturated heterocycles. The first-order valence-electron chi connectivity index (χ1n) is 7.39. The normalized spacial score (nSPS) is 56.6. The molecule has 0 aromatic rings. The molecule has 0 N–H and O–H groups in total. The highest BCUT2D eigenvalue weighted by atomic mass is 14.7. The summed E-state index contributed by atoms with van der Waals surface area (Å²) in [7, 11) is 0. The summed E-state index contributed by atoms with van der Waals surface area (Å²) in [5.74, 6) is 6.31. The molecule has 0 aliphatic heterocycles. The lowest BCUT2D eigenvalue weighted by atomic mass is 9.64. The lowest BCUT2D eigenvalue weighted by Gasteiger charge is -2.40. The third-order valence-corrected chi connectivity index (χ3v) is 6.22. The third-order valence-electron chi connectivity index (χ3n) is 6.22. The second-order valence-corrected chi connectivity index (χ2v) is 7.49. The number of hydrogen-bond acceptors (Lipinski definition) is 0. The molecule has 0 amide bonds. The molecule has 3 fully saturated rings. The van der Waals surface area contributed by atoms with E-state index in [9.17, 15) is 0 Å². The summed E-state index contributed by atoms with van der Waals surface area (Å²) >= 11 is 0. The molecule has 0 nitrogen and oxygen atoms in total. The number of rotatable bonds is 2. The molecule has 0 radical (unpaired) electrons. The molecular weight excluding hydrogens is 192 g/mol. The van der Waals surface area contributed by atoms with Crippen molar-refractivity contribution in [2.24, 2.45) is 40.9 Å². The molecule has 0 heteroatoms. The first kappa shape index (κ1) is 9.74. The lowest BCUT2D eigenvalue weighted by molar-refractivity contribution is 0.125. The zero-order chi connectivity index (χ0) is 10.9. The summed E-state index contributed by atoms with van der Waals surface area (Å²) in [6.45, 7) is 4.83. The Morgan fingerprint density at radius 2 is 2.06 bits per heavy atom. The van der Waals surface area contributed by atoms with E-state index in [1.165, 1.54) is 12.8 Å². The smallest absolute Gasteiger partial charge is 0.00762 e. The third kappa shape index (κ3) is 1.02. The fourth-order valence-corrected chi connectivity index (χ4v) is 6.25. The van der Waals surface area contributed by atoms with Gasteiger partial charge in [0.1, 0.15) is 0 Å². The van der Waals surface area contributed by atoms with Gasteiger partial charge in [-0.25, -0.2) is 0 Å². The Morgan fingerprint density at radius 3 is 2.88 bits per heavy atom. The quantitative estimate of drug-likeness (QED) is 0.477. The van der Waals surface area contributed by atoms with Crippen LogP contribution in [0, 0.1) is 40.9 Å². The minimum Gasteiger partial charge on any atom is -0.0845 e. The topological polar surface area (TPSA) is 0 Å². The molecule has 4 rings (SSSR count). The maximum Gasteiger partial charge on any atom is -0.00762 e. The largest absolute Gasteiger partial charge is 0.0845 e. The van der Waals surface area contributed by atoms with Crippen molar-refractivity contribution in [1.29, 1.82) is 0 Å². The fraction of sp³-hybridized carbons (Fsp3) is 0.875. The Balaban J connectivity index is 1.72. The van der Waals surface area contributed by atoms with Crippen LogP contribution in [0.4, 0.5) is 0 Å². The molecule has 6 unspecified atom stereocenters. The van der Waals surface area contributed by atoms with Crippen LogP contribution in [-0.2, 0) is 0 Å². The van der Waals surface area contributed by atoms with E-state index < -0.39 is 0 Å². The van der Waals surface area contributed by atoms with Crippen molar-refractivity contribution in [1.82, 2.24) is 0 Å². The summed E-state index contributed by atoms with van der Waals surface area (Å²) in [6.07, 6.45) is 13.0. The van der Waals surface area contributed by atoms with Gasteiger partial charge in [0.25, 0.3) is 0 Å². The molecule has 0 aromatic carbocycles. The van der Waals surface area contributed by atoms with Gasteiger partial charge in [-0.2, -0.15) is 0 Å². The second-order valence-electron chi connectivity index (χ2n) is 7.49. The van der Waals surface area contributed by atoms with E-state index in [0.717, 1.165) is 35.5 Å². The van der Waals surface area contributed by atoms with E-state index in [2.05, 4.69) is 26.0 Å². The van der Waals surface area contributed by atoms with Crippen LogP contribution in [0.1, 0.15) is 46.0 Å². The molecule has 4 aliphatic carbocycles. The van der Waals surface area contributed by atoms with Crippen molar-refractivity contribution in [3.8, 4) is 0 Å². The van der Waals surface area contributed by atoms with Crippen LogP contribution in [0.15, 0.2) is 12.2 Å². The summed E-state index contributed by atoms with van der Waals surface area (Å²) in [5.41, 5.74) is 0.656. The number of fused-ring (bicyclic) bond motifs is 9. The van der Waals surface area contributed by atoms with Gasteiger partial charge in [-0.1, -0.05) is 26.0 Å². The van der Waals surface area contributed by atoms with Crippen molar-refractivity contribution in [3.63, 3.8) is 0 Å². The predicted octanol–water partition coefficient (Wildman–Crippen LogP) is 4.27. The van der Waals surface area contributed by atoms with Crippen molar-refractivity contribution >= 4 is 0 Å². The average molecular weight is 216 g/mol. The highest BCUT2D eigenvalue weighted by Gasteiger charge is 2.63. The Kier molecular flexibility index (Phi) is 1.79. The van der Waals surface area contributed by atoms with Crippen LogP contribution in [0.25, 0.3) is 0 Å². The van der Waals surface area contributed by atoms with Crippen LogP contribution >= 0.6 is 0 Å². The summed E-state index contributed by atoms with van der Waals surface area (Å²) < 4.78 is 0. The molecule has 16 heavy (non-hydrogen) atoms. The van der Waals surface area contributed by atoms with Gasteiger partial charge < -0.3 is 0 Å². The van der Waals surface area contributed by atoms with E-state index in [4.69, 9.17) is 0 Å². The molecule has 4 aliphatic rings. The maximum atomic E-state index is 2.65. The van der Waals surface area contributed by atoms with Crippen molar-refractivity contribution < 1.29 is 0 Å². The SMILES string of the molecule is CC(C)CC12C=CC(C1)C1C3CCC(C3)C12. The van der Waals surface area contributed by atoms with Gasteiger partial charge >= 0.3 is 0 Å². The first-order chi connectivity index (χ1) is 7.70. The predicted molar refractivity (Wildman–Crippen MR) is 66.9 cm³/mol. The number of hydrogen-bond donors (Lipinski definition) is 0. The van der Waals surface area contributed by atoms with Gasteiger partial charge in [0.2, 0.25) is 0 Å². The van der Waals surface area contributed by atoms with Gasteiger partial charge in [0.05, 0.1) is 0 Å². The molecule has 4 bridgehead atoms. The van der Waals surface area contributed by atoms with E-state index in [1.807, 2.05) is 0 Å². The highest BCUT2D eigenvalue weighted by Crippen LogP contribution is 2.71. The zero-order valence-corrected chi connectivity index (χ0v) is 10.7. The van der Waals surface area contributed by atoms with Crippen molar-refractivity contribution in [2.45, 2.75) is 46.0 Å². The van der Waals surface area contributed by atoms with E-state index in [0.29, 0.717) is 5.41 Å². The molecule has 0 spiro atoms. The first-order valence-corrected chi connectivity index (χ1v) is 7.39. The summed E-state index contributed by atoms with van der Waals surface area (Å²) in [5, 5.41) is 0. The monoisotopic (exact) mass is 216 g/mol. The standard InChI is InChI=1S/C16H24/c1-10(2)8-16-6-5-13(9-16)14-11-3-4-12(7-11)15(14)16/h5-6,10-15H,3-4,7-9H2,1-2H3. The summed E-state index contributed by atoms with van der Waals surface area (Å²) in [4.78, 5) is 0. The van der Waals surface area contributed by atoms with Crippen molar-refractivity contribution in [2.75, 3.05) is 0 Å². The Morgan fingerprint density at radius 1 is 1.25 bits per heavy atom. The van der Waals surface area contributed by atoms with E-state index in [-0.39, 0.29) is 0 Å². The highest BCUT2D eigenvalue weighted by molar-refractivity contribution is 5.26. The molecular formula is C16H24.